The molecule has 0 saturated heterocycles. The lowest BCUT2D eigenvalue weighted by molar-refractivity contribution is 0.310. The van der Waals surface area contributed by atoms with Gasteiger partial charge in [0.25, 0.3) is 0 Å². The Hall–Kier alpha value is -2.20. The lowest BCUT2D eigenvalue weighted by Crippen LogP contribution is -2.17. The van der Waals surface area contributed by atoms with E-state index in [1.807, 2.05) is 13.0 Å². The van der Waals surface area contributed by atoms with Gasteiger partial charge in [0.05, 0.1) is 20.8 Å². The molecular weight excluding hydrogens is 362 g/mol. The standard InChI is InChI=1S/C25H37NO3/c1-6-29-24-14-8-20(17-25(24)28-5)18-26-16-15-22(9-7-19(2)3)21-10-12-23(27-4)13-11-21/h8,10-14,17,19,22,26H,6-7,9,15-16,18H2,1-5H3/t22-/m0/s1. The van der Waals surface area contributed by atoms with E-state index < -0.39 is 0 Å². The highest BCUT2D eigenvalue weighted by molar-refractivity contribution is 5.43. The maximum absolute atomic E-state index is 5.60. The number of hydrogen-bond acceptors (Lipinski definition) is 4. The number of nitrogens with one attached hydrogen (secondary N) is 1. The second kappa shape index (κ2) is 12.4. The zero-order valence-electron chi connectivity index (χ0n) is 18.7. The van der Waals surface area contributed by atoms with Crippen molar-refractivity contribution in [1.29, 1.82) is 0 Å². The lowest BCUT2D eigenvalue weighted by Gasteiger charge is -2.19. The van der Waals surface area contributed by atoms with E-state index in [9.17, 15) is 0 Å². The second-order valence-electron chi connectivity index (χ2n) is 7.82. The molecule has 0 spiro atoms. The average molecular weight is 400 g/mol. The van der Waals surface area contributed by atoms with Crippen molar-refractivity contribution in [3.05, 3.63) is 53.6 Å². The molecule has 0 aliphatic carbocycles. The van der Waals surface area contributed by atoms with Crippen LogP contribution in [0.1, 0.15) is 57.1 Å². The fourth-order valence-electron chi connectivity index (χ4n) is 3.49. The van der Waals surface area contributed by atoms with Crippen molar-refractivity contribution >= 4 is 0 Å². The van der Waals surface area contributed by atoms with E-state index in [-0.39, 0.29) is 0 Å². The predicted octanol–water partition coefficient (Wildman–Crippen LogP) is 5.80. The Labute approximate surface area is 176 Å². The molecule has 0 aromatic heterocycles. The molecule has 0 saturated carbocycles. The molecule has 160 valence electrons. The predicted molar refractivity (Wildman–Crippen MR) is 120 cm³/mol. The Bertz CT molecular complexity index is 713. The summed E-state index contributed by atoms with van der Waals surface area (Å²) >= 11 is 0. The van der Waals surface area contributed by atoms with Crippen molar-refractivity contribution in [2.45, 2.75) is 52.5 Å². The first kappa shape index (κ1) is 23.1. The number of ether oxygens (including phenoxy) is 3. The van der Waals surface area contributed by atoms with Gasteiger partial charge in [0.1, 0.15) is 5.75 Å². The molecule has 2 aromatic carbocycles. The van der Waals surface area contributed by atoms with Crippen LogP contribution < -0.4 is 19.5 Å². The third kappa shape index (κ3) is 7.62. The molecule has 0 unspecified atom stereocenters. The summed E-state index contributed by atoms with van der Waals surface area (Å²) in [5, 5.41) is 3.59. The van der Waals surface area contributed by atoms with Crippen LogP contribution in [0, 0.1) is 5.92 Å². The molecule has 1 N–H and O–H groups in total. The topological polar surface area (TPSA) is 39.7 Å². The monoisotopic (exact) mass is 399 g/mol. The van der Waals surface area contributed by atoms with Crippen LogP contribution in [-0.2, 0) is 6.54 Å². The van der Waals surface area contributed by atoms with Gasteiger partial charge in [-0.1, -0.05) is 38.5 Å². The highest BCUT2D eigenvalue weighted by Crippen LogP contribution is 2.29. The molecule has 0 radical (unpaired) electrons. The maximum Gasteiger partial charge on any atom is 0.161 e. The van der Waals surface area contributed by atoms with Crippen molar-refractivity contribution in [2.24, 2.45) is 5.92 Å². The summed E-state index contributed by atoms with van der Waals surface area (Å²) in [5.41, 5.74) is 2.60. The van der Waals surface area contributed by atoms with Crippen LogP contribution in [0.5, 0.6) is 17.2 Å². The van der Waals surface area contributed by atoms with Crippen LogP contribution in [0.3, 0.4) is 0 Å². The molecule has 4 nitrogen and oxygen atoms in total. The minimum Gasteiger partial charge on any atom is -0.497 e. The van der Waals surface area contributed by atoms with Crippen LogP contribution >= 0.6 is 0 Å². The first-order chi connectivity index (χ1) is 14.1. The zero-order valence-corrected chi connectivity index (χ0v) is 18.7. The number of benzene rings is 2. The van der Waals surface area contributed by atoms with Crippen LogP contribution in [0.4, 0.5) is 0 Å². The molecule has 0 aliphatic rings. The van der Waals surface area contributed by atoms with Crippen molar-refractivity contribution in [3.8, 4) is 17.2 Å². The summed E-state index contributed by atoms with van der Waals surface area (Å²) in [5.74, 6) is 3.79. The van der Waals surface area contributed by atoms with Gasteiger partial charge in [-0.2, -0.15) is 0 Å². The SMILES string of the molecule is CCOc1ccc(CNCC[C@H](CCC(C)C)c2ccc(OC)cc2)cc1OC. The molecule has 4 heteroatoms. The molecule has 2 aromatic rings. The highest BCUT2D eigenvalue weighted by Gasteiger charge is 2.13. The van der Waals surface area contributed by atoms with Crippen molar-refractivity contribution in [1.82, 2.24) is 5.32 Å². The third-order valence-corrected chi connectivity index (χ3v) is 5.21. The molecule has 0 bridgehead atoms. The second-order valence-corrected chi connectivity index (χ2v) is 7.82. The minimum absolute atomic E-state index is 0.561. The number of rotatable bonds is 13. The van der Waals surface area contributed by atoms with E-state index in [4.69, 9.17) is 14.2 Å². The average Bonchev–Trinajstić information content (AvgIpc) is 2.74. The molecular formula is C25H37NO3. The van der Waals surface area contributed by atoms with Crippen molar-refractivity contribution in [3.63, 3.8) is 0 Å². The zero-order chi connectivity index (χ0) is 21.1. The smallest absolute Gasteiger partial charge is 0.161 e. The minimum atomic E-state index is 0.561. The molecule has 0 amide bonds. The first-order valence-corrected chi connectivity index (χ1v) is 10.7. The fraction of sp³-hybridized carbons (Fsp3) is 0.520. The summed E-state index contributed by atoms with van der Waals surface area (Å²) in [4.78, 5) is 0. The van der Waals surface area contributed by atoms with Gasteiger partial charge < -0.3 is 19.5 Å². The Morgan fingerprint density at radius 1 is 0.862 bits per heavy atom. The summed E-state index contributed by atoms with van der Waals surface area (Å²) in [6, 6.07) is 14.7. The Kier molecular flexibility index (Phi) is 9.85. The van der Waals surface area contributed by atoms with E-state index >= 15 is 0 Å². The van der Waals surface area contributed by atoms with E-state index in [1.54, 1.807) is 14.2 Å². The van der Waals surface area contributed by atoms with E-state index in [0.29, 0.717) is 12.5 Å². The number of methoxy groups -OCH3 is 2. The van der Waals surface area contributed by atoms with Gasteiger partial charge in [0, 0.05) is 6.54 Å². The van der Waals surface area contributed by atoms with E-state index in [0.717, 1.165) is 42.7 Å². The molecule has 1 atom stereocenters. The van der Waals surface area contributed by atoms with Gasteiger partial charge in [-0.25, -0.2) is 0 Å². The van der Waals surface area contributed by atoms with Crippen LogP contribution in [-0.4, -0.2) is 27.4 Å². The third-order valence-electron chi connectivity index (χ3n) is 5.21. The molecule has 0 heterocycles. The Balaban J connectivity index is 1.91. The summed E-state index contributed by atoms with van der Waals surface area (Å²) in [7, 11) is 3.40. The first-order valence-electron chi connectivity index (χ1n) is 10.7. The fourth-order valence-corrected chi connectivity index (χ4v) is 3.49. The van der Waals surface area contributed by atoms with Gasteiger partial charge in [0.15, 0.2) is 11.5 Å². The molecule has 0 aliphatic heterocycles. The largest absolute Gasteiger partial charge is 0.497 e. The Morgan fingerprint density at radius 3 is 2.24 bits per heavy atom. The van der Waals surface area contributed by atoms with Crippen LogP contribution in [0.2, 0.25) is 0 Å². The van der Waals surface area contributed by atoms with Crippen molar-refractivity contribution < 1.29 is 14.2 Å². The quantitative estimate of drug-likeness (QED) is 0.432. The van der Waals surface area contributed by atoms with Gasteiger partial charge in [-0.3, -0.25) is 0 Å². The normalized spacial score (nSPS) is 12.1. The Morgan fingerprint density at radius 2 is 1.62 bits per heavy atom. The summed E-state index contributed by atoms with van der Waals surface area (Å²) < 4.78 is 16.4. The maximum atomic E-state index is 5.60. The molecule has 2 rings (SSSR count). The van der Waals surface area contributed by atoms with Crippen LogP contribution in [0.25, 0.3) is 0 Å². The van der Waals surface area contributed by atoms with Crippen LogP contribution in [0.15, 0.2) is 42.5 Å². The lowest BCUT2D eigenvalue weighted by atomic mass is 9.88. The number of hydrogen-bond donors (Lipinski definition) is 1. The van der Waals surface area contributed by atoms with Gasteiger partial charge in [-0.05, 0) is 73.5 Å². The highest BCUT2D eigenvalue weighted by atomic mass is 16.5. The van der Waals surface area contributed by atoms with Crippen molar-refractivity contribution in [2.75, 3.05) is 27.4 Å². The summed E-state index contributed by atoms with van der Waals surface area (Å²) in [6.45, 7) is 9.00. The van der Waals surface area contributed by atoms with Gasteiger partial charge >= 0.3 is 0 Å². The van der Waals surface area contributed by atoms with E-state index in [2.05, 4.69) is 55.6 Å². The van der Waals surface area contributed by atoms with Gasteiger partial charge in [0.2, 0.25) is 0 Å². The van der Waals surface area contributed by atoms with E-state index in [1.165, 1.54) is 24.0 Å². The summed E-state index contributed by atoms with van der Waals surface area (Å²) in [6.07, 6.45) is 3.57. The molecule has 29 heavy (non-hydrogen) atoms. The molecule has 0 fully saturated rings. The van der Waals surface area contributed by atoms with Gasteiger partial charge in [-0.15, -0.1) is 0 Å².